The van der Waals surface area contributed by atoms with Gasteiger partial charge in [-0.25, -0.2) is 4.79 Å². The average molecular weight is 561 g/mol. The molecule has 3 aromatic rings. The smallest absolute Gasteiger partial charge is 0.359 e. The summed E-state index contributed by atoms with van der Waals surface area (Å²) in [5, 5.41) is 0. The Labute approximate surface area is 206 Å². The van der Waals surface area contributed by atoms with E-state index in [0.717, 1.165) is 11.3 Å². The summed E-state index contributed by atoms with van der Waals surface area (Å²) in [6, 6.07) is 14.1. The first-order valence-corrected chi connectivity index (χ1v) is 10.9. The van der Waals surface area contributed by atoms with Gasteiger partial charge in [-0.2, -0.15) is 0 Å². The van der Waals surface area contributed by atoms with Crippen molar-refractivity contribution < 1.29 is 26.9 Å². The number of hydrogen-bond acceptors (Lipinski definition) is 6. The molecule has 3 rings (SSSR count). The van der Waals surface area contributed by atoms with E-state index in [2.05, 4.69) is 11.6 Å². The molecule has 0 amide bonds. The summed E-state index contributed by atoms with van der Waals surface area (Å²) in [7, 11) is 3.01. The number of rotatable bonds is 9. The van der Waals surface area contributed by atoms with Crippen LogP contribution in [0.15, 0.2) is 61.3 Å². The molecule has 0 saturated carbocycles. The largest absolute Gasteiger partial charge is 0.496 e. The molecule has 2 aromatic carbocycles. The van der Waals surface area contributed by atoms with E-state index in [9.17, 15) is 9.59 Å². The molecule has 1 N–H and O–H groups in total. The number of halogens is 1. The van der Waals surface area contributed by atoms with Crippen LogP contribution in [0.25, 0.3) is 16.8 Å². The monoisotopic (exact) mass is 561 g/mol. The van der Waals surface area contributed by atoms with Gasteiger partial charge in [0, 0.05) is 23.0 Å². The number of carbonyl (C=O) groups is 2. The third kappa shape index (κ3) is 5.05. The molecular weight excluding hydrogens is 537 g/mol. The molecule has 0 aliphatic rings. The second kappa shape index (κ2) is 10.1. The van der Waals surface area contributed by atoms with Crippen molar-refractivity contribution in [2.24, 2.45) is 0 Å². The number of methoxy groups -OCH3 is 2. The molecule has 0 aliphatic carbocycles. The zero-order valence-electron chi connectivity index (χ0n) is 18.7. The number of nitrogens with one attached hydrogen (secondary N) is 1. The summed E-state index contributed by atoms with van der Waals surface area (Å²) in [6.07, 6.45) is 1.80. The first kappa shape index (κ1) is 24.4. The van der Waals surface area contributed by atoms with Crippen LogP contribution in [0, 0.1) is 0 Å². The fourth-order valence-electron chi connectivity index (χ4n) is 3.31. The van der Waals surface area contributed by atoms with Crippen molar-refractivity contribution in [2.45, 2.75) is 19.4 Å². The molecule has 0 bridgehead atoms. The molecule has 7 nitrogen and oxygen atoms in total. The van der Waals surface area contributed by atoms with Gasteiger partial charge in [-0.1, -0.05) is 18.7 Å². The number of benzene rings is 2. The van der Waals surface area contributed by atoms with E-state index in [-0.39, 0.29) is 16.9 Å². The Morgan fingerprint density at radius 2 is 1.70 bits per heavy atom. The highest BCUT2D eigenvalue weighted by molar-refractivity contribution is 14.1. The minimum atomic E-state index is -1.16. The van der Waals surface area contributed by atoms with Crippen molar-refractivity contribution in [3.8, 4) is 28.5 Å². The van der Waals surface area contributed by atoms with Crippen molar-refractivity contribution >= 4 is 40.3 Å². The minimum Gasteiger partial charge on any atom is -0.496 e. The number of aromatic nitrogens is 1. The van der Waals surface area contributed by atoms with Crippen molar-refractivity contribution in [1.82, 2.24) is 4.98 Å². The molecule has 33 heavy (non-hydrogen) atoms. The Balaban J connectivity index is 1.93. The molecule has 0 aliphatic heterocycles. The number of hydrogen-bond donors (Lipinski definition) is 1. The molecular formula is C25H24INO6. The number of ketones is 1. The lowest BCUT2D eigenvalue weighted by Gasteiger charge is -2.22. The standard InChI is InChI=1S/C25H24INO6/c1-15(16-8-10-17(11-9-16)32-25(2,3)24(29)33-26)22(28)21-20(30-4)13-12-18(23(21)31-5)19-7-6-14-27-19/h6-14,27H,1H2,2-5H3. The molecule has 0 spiro atoms. The molecule has 1 heterocycles. The lowest BCUT2D eigenvalue weighted by atomic mass is 9.94. The molecule has 0 radical (unpaired) electrons. The maximum absolute atomic E-state index is 13.5. The first-order valence-electron chi connectivity index (χ1n) is 9.98. The second-order valence-electron chi connectivity index (χ2n) is 7.62. The average Bonchev–Trinajstić information content (AvgIpc) is 3.36. The number of ether oxygens (including phenoxy) is 3. The van der Waals surface area contributed by atoms with Crippen LogP contribution in [0.4, 0.5) is 0 Å². The van der Waals surface area contributed by atoms with Gasteiger partial charge in [0.25, 0.3) is 0 Å². The highest BCUT2D eigenvalue weighted by atomic mass is 127. The van der Waals surface area contributed by atoms with E-state index >= 15 is 0 Å². The van der Waals surface area contributed by atoms with E-state index in [1.54, 1.807) is 50.4 Å². The normalized spacial score (nSPS) is 10.9. The van der Waals surface area contributed by atoms with Crippen LogP contribution in [0.5, 0.6) is 17.2 Å². The number of carbonyl (C=O) groups excluding carboxylic acids is 2. The number of aromatic amines is 1. The summed E-state index contributed by atoms with van der Waals surface area (Å²) >= 11 is 1.52. The SMILES string of the molecule is C=C(C(=O)c1c(OC)ccc(-c2ccc[nH]2)c1OC)c1ccc(OC(C)(C)C(=O)OI)cc1. The third-order valence-electron chi connectivity index (χ3n) is 5.07. The topological polar surface area (TPSA) is 86.9 Å². The van der Waals surface area contributed by atoms with Crippen molar-refractivity contribution in [2.75, 3.05) is 14.2 Å². The lowest BCUT2D eigenvalue weighted by molar-refractivity contribution is -0.145. The van der Waals surface area contributed by atoms with Crippen LogP contribution in [0.3, 0.4) is 0 Å². The van der Waals surface area contributed by atoms with Crippen LogP contribution < -0.4 is 14.2 Å². The Bertz CT molecular complexity index is 1170. The molecule has 0 unspecified atom stereocenters. The van der Waals surface area contributed by atoms with Crippen LogP contribution in [0.2, 0.25) is 0 Å². The number of H-pyrrole nitrogens is 1. The van der Waals surface area contributed by atoms with Gasteiger partial charge in [0.15, 0.2) is 23.0 Å². The number of allylic oxidation sites excluding steroid dienone is 1. The summed E-state index contributed by atoms with van der Waals surface area (Å²) in [5.74, 6) is 0.386. The third-order valence-corrected chi connectivity index (χ3v) is 5.47. The maximum Gasteiger partial charge on any atom is 0.359 e. The fraction of sp³-hybridized carbons (Fsp3) is 0.200. The van der Waals surface area contributed by atoms with Gasteiger partial charge in [-0.05, 0) is 55.8 Å². The Kier molecular flexibility index (Phi) is 7.47. The van der Waals surface area contributed by atoms with E-state index in [4.69, 9.17) is 17.3 Å². The van der Waals surface area contributed by atoms with Gasteiger partial charge < -0.3 is 22.3 Å². The minimum absolute atomic E-state index is 0.257. The van der Waals surface area contributed by atoms with E-state index in [1.807, 2.05) is 18.2 Å². The highest BCUT2D eigenvalue weighted by Gasteiger charge is 2.32. The predicted molar refractivity (Wildman–Crippen MR) is 134 cm³/mol. The van der Waals surface area contributed by atoms with Crippen molar-refractivity contribution in [1.29, 1.82) is 0 Å². The highest BCUT2D eigenvalue weighted by Crippen LogP contribution is 2.40. The van der Waals surface area contributed by atoms with Gasteiger partial charge in [0.2, 0.25) is 11.4 Å². The van der Waals surface area contributed by atoms with Gasteiger partial charge >= 0.3 is 5.97 Å². The molecule has 0 atom stereocenters. The maximum atomic E-state index is 13.5. The quantitative estimate of drug-likeness (QED) is 0.207. The Morgan fingerprint density at radius 3 is 2.24 bits per heavy atom. The van der Waals surface area contributed by atoms with Crippen LogP contribution in [0.1, 0.15) is 29.8 Å². The van der Waals surface area contributed by atoms with E-state index < -0.39 is 11.6 Å². The van der Waals surface area contributed by atoms with Crippen LogP contribution in [-0.2, 0) is 7.86 Å². The summed E-state index contributed by atoms with van der Waals surface area (Å²) in [6.45, 7) is 7.23. The van der Waals surface area contributed by atoms with Crippen molar-refractivity contribution in [3.63, 3.8) is 0 Å². The number of Topliss-reactive ketones (excluding diaryl/α,β-unsaturated/α-hetero) is 1. The second-order valence-corrected chi connectivity index (χ2v) is 8.06. The first-order chi connectivity index (χ1) is 15.7. The molecule has 8 heteroatoms. The lowest BCUT2D eigenvalue weighted by Crippen LogP contribution is -2.38. The van der Waals surface area contributed by atoms with Crippen molar-refractivity contribution in [3.05, 3.63) is 72.4 Å². The molecule has 0 saturated heterocycles. The summed E-state index contributed by atoms with van der Waals surface area (Å²) < 4.78 is 21.5. The van der Waals surface area contributed by atoms with Gasteiger partial charge in [0.05, 0.1) is 14.2 Å². The zero-order valence-corrected chi connectivity index (χ0v) is 20.9. The summed E-state index contributed by atoms with van der Waals surface area (Å²) in [4.78, 5) is 28.5. The predicted octanol–water partition coefficient (Wildman–Crippen LogP) is 5.65. The zero-order chi connectivity index (χ0) is 24.2. The molecule has 172 valence electrons. The Morgan fingerprint density at radius 1 is 1.00 bits per heavy atom. The van der Waals surface area contributed by atoms with Gasteiger partial charge in [-0.15, -0.1) is 0 Å². The Hall–Kier alpha value is -3.27. The van der Waals surface area contributed by atoms with Gasteiger partial charge in [0.1, 0.15) is 22.8 Å². The summed E-state index contributed by atoms with van der Waals surface area (Å²) in [5.41, 5.74) is 1.51. The fourth-order valence-corrected chi connectivity index (χ4v) is 3.84. The molecule has 0 fully saturated rings. The van der Waals surface area contributed by atoms with Gasteiger partial charge in [-0.3, -0.25) is 4.79 Å². The van der Waals surface area contributed by atoms with Crippen LogP contribution >= 0.6 is 23.0 Å². The van der Waals surface area contributed by atoms with E-state index in [0.29, 0.717) is 22.8 Å². The molecule has 1 aromatic heterocycles. The van der Waals surface area contributed by atoms with Crippen LogP contribution in [-0.4, -0.2) is 36.6 Å². The van der Waals surface area contributed by atoms with E-state index in [1.165, 1.54) is 37.2 Å².